The molecule has 1 aliphatic heterocycles. The molecular weight excluding hydrogens is 303 g/mol. The van der Waals surface area contributed by atoms with Gasteiger partial charge in [0, 0.05) is 42.1 Å². The molecule has 2 nitrogen and oxygen atoms in total. The van der Waals surface area contributed by atoms with E-state index in [1.54, 1.807) is 0 Å². The Labute approximate surface area is 130 Å². The van der Waals surface area contributed by atoms with E-state index in [2.05, 4.69) is 9.80 Å². The van der Waals surface area contributed by atoms with Crippen LogP contribution >= 0.6 is 34.8 Å². The Bertz CT molecular complexity index is 412. The van der Waals surface area contributed by atoms with Crippen molar-refractivity contribution in [1.29, 1.82) is 0 Å². The molecule has 0 bridgehead atoms. The smallest absolute Gasteiger partial charge is 0.0465 e. The summed E-state index contributed by atoms with van der Waals surface area (Å²) in [7, 11) is 0. The number of hydrogen-bond donors (Lipinski definition) is 0. The third-order valence-electron chi connectivity index (χ3n) is 3.49. The van der Waals surface area contributed by atoms with Crippen molar-refractivity contribution in [2.24, 2.45) is 0 Å². The molecule has 1 fully saturated rings. The topological polar surface area (TPSA) is 6.48 Å². The van der Waals surface area contributed by atoms with Gasteiger partial charge < -0.3 is 4.90 Å². The zero-order chi connectivity index (χ0) is 13.7. The van der Waals surface area contributed by atoms with Gasteiger partial charge in [-0.15, -0.1) is 11.6 Å². The van der Waals surface area contributed by atoms with Crippen LogP contribution in [0.3, 0.4) is 0 Å². The molecular formula is C14H19Cl3N2. The monoisotopic (exact) mass is 320 g/mol. The Hall–Kier alpha value is 0.01000. The molecule has 1 aliphatic rings. The molecule has 0 atom stereocenters. The summed E-state index contributed by atoms with van der Waals surface area (Å²) >= 11 is 18.0. The third-order valence-corrected chi connectivity index (χ3v) is 4.25. The van der Waals surface area contributed by atoms with E-state index in [0.29, 0.717) is 10.9 Å². The van der Waals surface area contributed by atoms with Crippen LogP contribution in [0.1, 0.15) is 12.0 Å². The van der Waals surface area contributed by atoms with Gasteiger partial charge in [0.25, 0.3) is 0 Å². The van der Waals surface area contributed by atoms with Gasteiger partial charge in [-0.1, -0.05) is 29.3 Å². The highest BCUT2D eigenvalue weighted by atomic mass is 35.5. The van der Waals surface area contributed by atoms with Gasteiger partial charge in [0.05, 0.1) is 0 Å². The van der Waals surface area contributed by atoms with Crippen LogP contribution in [0, 0.1) is 0 Å². The van der Waals surface area contributed by atoms with Crippen LogP contribution in [-0.4, -0.2) is 48.4 Å². The van der Waals surface area contributed by atoms with Crippen molar-refractivity contribution < 1.29 is 0 Å². The summed E-state index contributed by atoms with van der Waals surface area (Å²) < 4.78 is 0. The van der Waals surface area contributed by atoms with Gasteiger partial charge in [-0.2, -0.15) is 0 Å². The van der Waals surface area contributed by atoms with Crippen molar-refractivity contribution in [3.05, 3.63) is 33.8 Å². The summed E-state index contributed by atoms with van der Waals surface area (Å²) in [6, 6.07) is 5.74. The summed E-state index contributed by atoms with van der Waals surface area (Å²) in [5, 5.41) is 1.45. The van der Waals surface area contributed by atoms with Crippen LogP contribution in [0.2, 0.25) is 10.0 Å². The summed E-state index contributed by atoms with van der Waals surface area (Å²) in [6.45, 7) is 6.27. The van der Waals surface area contributed by atoms with Crippen LogP contribution < -0.4 is 0 Å². The lowest BCUT2D eigenvalue weighted by atomic mass is 10.2. The van der Waals surface area contributed by atoms with Gasteiger partial charge in [-0.25, -0.2) is 0 Å². The van der Waals surface area contributed by atoms with E-state index in [0.717, 1.165) is 49.9 Å². The van der Waals surface area contributed by atoms with Gasteiger partial charge in [-0.3, -0.25) is 4.90 Å². The molecule has 1 heterocycles. The van der Waals surface area contributed by atoms with E-state index < -0.39 is 0 Å². The van der Waals surface area contributed by atoms with Gasteiger partial charge in [0.1, 0.15) is 0 Å². The second kappa shape index (κ2) is 7.70. The largest absolute Gasteiger partial charge is 0.301 e. The third kappa shape index (κ3) is 4.80. The fraction of sp³-hybridized carbons (Fsp3) is 0.571. The van der Waals surface area contributed by atoms with E-state index in [9.17, 15) is 0 Å². The van der Waals surface area contributed by atoms with Crippen molar-refractivity contribution in [2.75, 3.05) is 38.6 Å². The number of rotatable bonds is 4. The first-order valence-corrected chi connectivity index (χ1v) is 7.92. The van der Waals surface area contributed by atoms with Gasteiger partial charge >= 0.3 is 0 Å². The van der Waals surface area contributed by atoms with Crippen LogP contribution in [0.4, 0.5) is 0 Å². The zero-order valence-electron chi connectivity index (χ0n) is 10.9. The van der Waals surface area contributed by atoms with Crippen LogP contribution in [-0.2, 0) is 6.54 Å². The van der Waals surface area contributed by atoms with Crippen molar-refractivity contribution in [3.63, 3.8) is 0 Å². The summed E-state index contributed by atoms with van der Waals surface area (Å²) in [4.78, 5) is 4.87. The highest BCUT2D eigenvalue weighted by molar-refractivity contribution is 6.35. The Balaban J connectivity index is 1.92. The second-order valence-corrected chi connectivity index (χ2v) is 6.12. The molecule has 1 aromatic carbocycles. The molecule has 5 heteroatoms. The first-order valence-electron chi connectivity index (χ1n) is 6.63. The summed E-state index contributed by atoms with van der Waals surface area (Å²) in [6.07, 6.45) is 1.18. The second-order valence-electron chi connectivity index (χ2n) is 4.90. The van der Waals surface area contributed by atoms with E-state index in [1.807, 2.05) is 18.2 Å². The molecule has 0 radical (unpaired) electrons. The zero-order valence-corrected chi connectivity index (χ0v) is 13.2. The number of halogens is 3. The molecule has 0 amide bonds. The highest BCUT2D eigenvalue weighted by Crippen LogP contribution is 2.22. The van der Waals surface area contributed by atoms with Crippen LogP contribution in [0.25, 0.3) is 0 Å². The normalized spacial score (nSPS) is 18.5. The van der Waals surface area contributed by atoms with E-state index in [-0.39, 0.29) is 0 Å². The Morgan fingerprint density at radius 1 is 1.00 bits per heavy atom. The molecule has 0 N–H and O–H groups in total. The average molecular weight is 322 g/mol. The predicted octanol–water partition coefficient (Wildman–Crippen LogP) is 3.74. The maximum atomic E-state index is 6.23. The predicted molar refractivity (Wildman–Crippen MR) is 83.5 cm³/mol. The van der Waals surface area contributed by atoms with E-state index in [1.165, 1.54) is 6.42 Å². The van der Waals surface area contributed by atoms with Gasteiger partial charge in [0.15, 0.2) is 0 Å². The van der Waals surface area contributed by atoms with Crippen molar-refractivity contribution in [1.82, 2.24) is 9.80 Å². The molecule has 0 aliphatic carbocycles. The molecule has 0 unspecified atom stereocenters. The first kappa shape index (κ1) is 15.4. The maximum absolute atomic E-state index is 6.23. The quantitative estimate of drug-likeness (QED) is 0.780. The van der Waals surface area contributed by atoms with Crippen molar-refractivity contribution in [2.45, 2.75) is 13.0 Å². The number of nitrogens with zero attached hydrogens (tertiary/aromatic N) is 2. The average Bonchev–Trinajstić information content (AvgIpc) is 2.59. The Morgan fingerprint density at radius 2 is 1.74 bits per heavy atom. The van der Waals surface area contributed by atoms with Crippen molar-refractivity contribution in [3.8, 4) is 0 Å². The molecule has 19 heavy (non-hydrogen) atoms. The number of alkyl halides is 1. The minimum atomic E-state index is 0.693. The van der Waals surface area contributed by atoms with E-state index in [4.69, 9.17) is 34.8 Å². The summed E-state index contributed by atoms with van der Waals surface area (Å²) in [5.74, 6) is 0.711. The molecule has 0 spiro atoms. The molecule has 0 aromatic heterocycles. The maximum Gasteiger partial charge on any atom is 0.0465 e. The lowest BCUT2D eigenvalue weighted by molar-refractivity contribution is 0.258. The summed E-state index contributed by atoms with van der Waals surface area (Å²) in [5.41, 5.74) is 1.15. The van der Waals surface area contributed by atoms with Gasteiger partial charge in [0.2, 0.25) is 0 Å². The van der Waals surface area contributed by atoms with Crippen molar-refractivity contribution >= 4 is 34.8 Å². The molecule has 0 saturated carbocycles. The molecule has 1 aromatic rings. The highest BCUT2D eigenvalue weighted by Gasteiger charge is 2.15. The SMILES string of the molecule is ClCCN1CCCN(Cc2ccc(Cl)cc2Cl)CC1. The molecule has 106 valence electrons. The van der Waals surface area contributed by atoms with Gasteiger partial charge in [-0.05, 0) is 37.2 Å². The fourth-order valence-electron chi connectivity index (χ4n) is 2.42. The Kier molecular flexibility index (Phi) is 6.24. The number of hydrogen-bond acceptors (Lipinski definition) is 2. The standard InChI is InChI=1S/C14H19Cl3N2/c15-4-7-18-5-1-6-19(9-8-18)11-12-2-3-13(16)10-14(12)17/h2-3,10H,1,4-9,11H2. The fourth-order valence-corrected chi connectivity index (χ4v) is 3.12. The minimum absolute atomic E-state index is 0.693. The van der Waals surface area contributed by atoms with Crippen LogP contribution in [0.15, 0.2) is 18.2 Å². The lowest BCUT2D eigenvalue weighted by Crippen LogP contribution is -2.31. The molecule has 1 saturated heterocycles. The van der Waals surface area contributed by atoms with Crippen LogP contribution in [0.5, 0.6) is 0 Å². The molecule has 2 rings (SSSR count). The lowest BCUT2D eigenvalue weighted by Gasteiger charge is -2.21. The Morgan fingerprint density at radius 3 is 2.47 bits per heavy atom. The van der Waals surface area contributed by atoms with E-state index >= 15 is 0 Å². The number of benzene rings is 1. The minimum Gasteiger partial charge on any atom is -0.301 e. The first-order chi connectivity index (χ1) is 9.19.